The third kappa shape index (κ3) is 4.98. The number of anilines is 1. The summed E-state index contributed by atoms with van der Waals surface area (Å²) in [5.74, 6) is 0.754. The Hall–Kier alpha value is -1.85. The minimum Gasteiger partial charge on any atom is -0.388 e. The number of hydrogen-bond donors (Lipinski definition) is 5. The number of nitrogens with zero attached hydrogens (tertiary/aromatic N) is 2. The van der Waals surface area contributed by atoms with Crippen LogP contribution in [0.25, 0.3) is 0 Å². The minimum absolute atomic E-state index is 0.0733. The maximum absolute atomic E-state index is 11.1. The first kappa shape index (κ1) is 22.3. The first-order valence-corrected chi connectivity index (χ1v) is 11.2. The van der Waals surface area contributed by atoms with E-state index in [4.69, 9.17) is 31.9 Å². The molecule has 0 aromatic carbocycles. The zero-order valence-electron chi connectivity index (χ0n) is 16.8. The Morgan fingerprint density at radius 3 is 2.84 bits per heavy atom. The molecule has 1 aliphatic carbocycles. The molecule has 2 saturated heterocycles. The molecule has 1 saturated carbocycles. The smallest absolute Gasteiger partial charge is 0.144 e. The van der Waals surface area contributed by atoms with Crippen molar-refractivity contribution < 1.29 is 14.6 Å². The first-order valence-electron chi connectivity index (χ1n) is 10.0. The van der Waals surface area contributed by atoms with Crippen LogP contribution in [0.15, 0.2) is 27.9 Å². The first-order chi connectivity index (χ1) is 14.9. The maximum atomic E-state index is 11.1. The molecule has 0 spiro atoms. The van der Waals surface area contributed by atoms with Gasteiger partial charge in [0.15, 0.2) is 0 Å². The van der Waals surface area contributed by atoms with Crippen LogP contribution in [0.2, 0.25) is 5.02 Å². The molecule has 2 aliphatic heterocycles. The quantitative estimate of drug-likeness (QED) is 0.294. The van der Waals surface area contributed by atoms with E-state index in [0.717, 1.165) is 24.8 Å². The van der Waals surface area contributed by atoms with Gasteiger partial charge in [-0.25, -0.2) is 4.99 Å². The number of nitrogens with one attached hydrogen (secondary N) is 4. The Bertz CT molecular complexity index is 937. The molecule has 31 heavy (non-hydrogen) atoms. The molecule has 4 rings (SSSR count). The molecule has 166 valence electrons. The fourth-order valence-electron chi connectivity index (χ4n) is 3.74. The van der Waals surface area contributed by atoms with E-state index in [0.29, 0.717) is 33.6 Å². The predicted octanol–water partition coefficient (Wildman–Crippen LogP) is 2.79. The number of halogens is 2. The van der Waals surface area contributed by atoms with Crippen LogP contribution in [0.5, 0.6) is 0 Å². The summed E-state index contributed by atoms with van der Waals surface area (Å²) in [6.07, 6.45) is 4.09. The molecular formula is C20H24BrClN6O3. The molecule has 5 unspecified atom stereocenters. The highest BCUT2D eigenvalue weighted by molar-refractivity contribution is 9.12. The van der Waals surface area contributed by atoms with Gasteiger partial charge < -0.3 is 30.6 Å². The monoisotopic (exact) mass is 510 g/mol. The van der Waals surface area contributed by atoms with E-state index in [1.807, 2.05) is 0 Å². The number of aliphatic hydroxyl groups excluding tert-OH is 1. The van der Waals surface area contributed by atoms with E-state index < -0.39 is 18.2 Å². The highest BCUT2D eigenvalue weighted by atomic mass is 79.9. The topological polar surface area (TPSA) is 136 Å². The summed E-state index contributed by atoms with van der Waals surface area (Å²) in [5.41, 5.74) is 1.59. The van der Waals surface area contributed by atoms with Gasteiger partial charge in [-0.1, -0.05) is 11.6 Å². The van der Waals surface area contributed by atoms with Gasteiger partial charge >= 0.3 is 0 Å². The summed E-state index contributed by atoms with van der Waals surface area (Å²) < 4.78 is 12.2. The molecule has 9 nitrogen and oxygen atoms in total. The Balaban J connectivity index is 1.62. The van der Waals surface area contributed by atoms with Crippen LogP contribution in [0.3, 0.4) is 0 Å². The molecule has 0 bridgehead atoms. The van der Waals surface area contributed by atoms with Crippen molar-refractivity contribution in [2.45, 2.75) is 56.1 Å². The van der Waals surface area contributed by atoms with Gasteiger partial charge in [0.05, 0.1) is 33.5 Å². The summed E-state index contributed by atoms with van der Waals surface area (Å²) in [5, 5.41) is 33.2. The number of amidine groups is 2. The third-order valence-electron chi connectivity index (χ3n) is 5.39. The lowest BCUT2D eigenvalue weighted by atomic mass is 9.89. The number of allylic oxidation sites excluding steroid dienone is 1. The number of pyridine rings is 1. The Kier molecular flexibility index (Phi) is 6.73. The molecule has 5 N–H and O–H groups in total. The van der Waals surface area contributed by atoms with Gasteiger partial charge in [-0.15, -0.1) is 0 Å². The molecule has 3 aliphatic rings. The van der Waals surface area contributed by atoms with Crippen LogP contribution in [-0.2, 0) is 9.47 Å². The second-order valence-corrected chi connectivity index (χ2v) is 9.17. The predicted molar refractivity (Wildman–Crippen MR) is 123 cm³/mol. The van der Waals surface area contributed by atoms with Gasteiger partial charge in [0.2, 0.25) is 0 Å². The summed E-state index contributed by atoms with van der Waals surface area (Å²) in [6, 6.07) is 1.30. The Labute approximate surface area is 193 Å². The summed E-state index contributed by atoms with van der Waals surface area (Å²) in [7, 11) is 0. The van der Waals surface area contributed by atoms with Crippen molar-refractivity contribution in [2.24, 2.45) is 4.99 Å². The number of aliphatic imine (C=N–C) groups is 1. The van der Waals surface area contributed by atoms with Crippen LogP contribution in [0, 0.1) is 10.8 Å². The minimum atomic E-state index is -1.02. The van der Waals surface area contributed by atoms with Crippen LogP contribution in [-0.4, -0.2) is 65.0 Å². The van der Waals surface area contributed by atoms with Crippen molar-refractivity contribution in [3.63, 3.8) is 0 Å². The molecule has 3 fully saturated rings. The van der Waals surface area contributed by atoms with Gasteiger partial charge in [0, 0.05) is 24.5 Å². The van der Waals surface area contributed by atoms with E-state index in [2.05, 4.69) is 36.5 Å². The summed E-state index contributed by atoms with van der Waals surface area (Å²) >= 11 is 9.43. The molecule has 0 radical (unpaired) electrons. The van der Waals surface area contributed by atoms with E-state index in [9.17, 15) is 5.11 Å². The molecular weight excluding hydrogens is 488 g/mol. The molecule has 0 amide bonds. The number of aliphatic hydroxyl groups is 1. The van der Waals surface area contributed by atoms with E-state index in [-0.39, 0.29) is 18.0 Å². The average molecular weight is 512 g/mol. The normalized spacial score (nSPS) is 30.8. The average Bonchev–Trinajstić information content (AvgIpc) is 3.53. The van der Waals surface area contributed by atoms with Crippen molar-refractivity contribution in [1.82, 2.24) is 10.3 Å². The van der Waals surface area contributed by atoms with Gasteiger partial charge in [-0.3, -0.25) is 10.4 Å². The molecule has 1 aromatic heterocycles. The highest BCUT2D eigenvalue weighted by Gasteiger charge is 2.52. The van der Waals surface area contributed by atoms with Gasteiger partial charge in [-0.05, 0) is 41.8 Å². The Morgan fingerprint density at radius 1 is 1.45 bits per heavy atom. The largest absolute Gasteiger partial charge is 0.388 e. The van der Waals surface area contributed by atoms with Crippen molar-refractivity contribution >= 4 is 51.1 Å². The highest BCUT2D eigenvalue weighted by Crippen LogP contribution is 2.43. The zero-order chi connectivity index (χ0) is 22.1. The molecule has 1 aromatic rings. The van der Waals surface area contributed by atoms with E-state index >= 15 is 0 Å². The lowest BCUT2D eigenvalue weighted by Crippen LogP contribution is -2.70. The van der Waals surface area contributed by atoms with Crippen LogP contribution in [0.4, 0.5) is 5.69 Å². The molecule has 11 heteroatoms. The second-order valence-electron chi connectivity index (χ2n) is 7.82. The van der Waals surface area contributed by atoms with Crippen LogP contribution < -0.4 is 10.6 Å². The number of fused-ring (bicyclic) bond motifs is 1. The van der Waals surface area contributed by atoms with Crippen LogP contribution in [0.1, 0.15) is 31.4 Å². The fraction of sp³-hybridized carbons (Fsp3) is 0.500. The number of ether oxygens (including phenoxy) is 2. The van der Waals surface area contributed by atoms with Crippen LogP contribution >= 0.6 is 27.5 Å². The number of hydrogen-bond acceptors (Lipinski definition) is 7. The van der Waals surface area contributed by atoms with E-state index in [1.54, 1.807) is 25.4 Å². The van der Waals surface area contributed by atoms with Crippen molar-refractivity contribution in [3.8, 4) is 0 Å². The lowest BCUT2D eigenvalue weighted by Gasteiger charge is -2.50. The summed E-state index contributed by atoms with van der Waals surface area (Å²) in [4.78, 5) is 8.80. The van der Waals surface area contributed by atoms with Crippen molar-refractivity contribution in [2.75, 3.05) is 11.9 Å². The molecule has 5 atom stereocenters. The van der Waals surface area contributed by atoms with E-state index in [1.165, 1.54) is 0 Å². The lowest BCUT2D eigenvalue weighted by molar-refractivity contribution is -0.259. The second kappa shape index (κ2) is 9.33. The SMILES string of the molecule is CC(=N)/N=C(\Nc1cc(Cl)cnc1C1CC1)C1OC2COC2C(N/C=C(/Br)C=N)C1O. The molecule has 3 heterocycles. The third-order valence-corrected chi connectivity index (χ3v) is 6.06. The van der Waals surface area contributed by atoms with Gasteiger partial charge in [0.25, 0.3) is 0 Å². The zero-order valence-corrected chi connectivity index (χ0v) is 19.2. The fourth-order valence-corrected chi connectivity index (χ4v) is 4.03. The number of rotatable bonds is 6. The number of aromatic nitrogens is 1. The summed E-state index contributed by atoms with van der Waals surface area (Å²) in [6.45, 7) is 1.97. The standard InChI is InChI=1S/C20H24BrClN6O3/c1-9(24)27-20(28-13-4-12(22)7-26-15(13)10-2-3-10)19-17(29)16(25-6-11(21)5-23)18-14(31-19)8-30-18/h4-7,10,14,16-19,23,25,29H,2-3,8H2,1H3,(H2,24,27,28)/b11-6+,23-5?. The Morgan fingerprint density at radius 2 is 2.23 bits per heavy atom. The van der Waals surface area contributed by atoms with Crippen molar-refractivity contribution in [3.05, 3.63) is 33.7 Å². The van der Waals surface area contributed by atoms with Crippen molar-refractivity contribution in [1.29, 1.82) is 10.8 Å². The maximum Gasteiger partial charge on any atom is 0.144 e. The van der Waals surface area contributed by atoms with Gasteiger partial charge in [0.1, 0.15) is 36.1 Å². The van der Waals surface area contributed by atoms with Gasteiger partial charge in [-0.2, -0.15) is 0 Å².